The lowest BCUT2D eigenvalue weighted by Gasteiger charge is -2.14. The highest BCUT2D eigenvalue weighted by atomic mass is 16.4. The van der Waals surface area contributed by atoms with E-state index in [2.05, 4.69) is 20.8 Å². The number of hydrogen-bond acceptors (Lipinski definition) is 4. The average molecular weight is 389 g/mol. The van der Waals surface area contributed by atoms with Crippen LogP contribution < -0.4 is 11.3 Å². The van der Waals surface area contributed by atoms with Gasteiger partial charge in [-0.25, -0.2) is 9.59 Å². The molecule has 0 aliphatic rings. The molecule has 0 fully saturated rings. The van der Waals surface area contributed by atoms with Gasteiger partial charge in [-0.2, -0.15) is 0 Å². The zero-order valence-corrected chi connectivity index (χ0v) is 18.1. The van der Waals surface area contributed by atoms with E-state index in [0.717, 1.165) is 75.3 Å². The van der Waals surface area contributed by atoms with Crippen molar-refractivity contribution in [2.45, 2.75) is 105 Å². The first-order valence-corrected chi connectivity index (χ1v) is 11.2. The first kappa shape index (κ1) is 22.4. The van der Waals surface area contributed by atoms with Gasteiger partial charge in [-0.1, -0.05) is 66.2 Å². The van der Waals surface area contributed by atoms with Crippen molar-refractivity contribution in [3.05, 3.63) is 43.1 Å². The molecule has 2 rings (SSSR count). The minimum Gasteiger partial charge on any atom is -0.419 e. The minimum absolute atomic E-state index is 0.247. The lowest BCUT2D eigenvalue weighted by Crippen LogP contribution is -2.18. The number of unbranched alkanes of at least 4 members (excludes halogenated alkanes) is 4. The van der Waals surface area contributed by atoms with Gasteiger partial charge in [0.25, 0.3) is 0 Å². The van der Waals surface area contributed by atoms with E-state index in [4.69, 9.17) is 8.83 Å². The molecule has 4 heteroatoms. The third-order valence-electron chi connectivity index (χ3n) is 5.43. The van der Waals surface area contributed by atoms with Crippen LogP contribution in [0.25, 0.3) is 11.2 Å². The molecule has 0 spiro atoms. The van der Waals surface area contributed by atoms with Gasteiger partial charge in [0, 0.05) is 22.3 Å². The van der Waals surface area contributed by atoms with Gasteiger partial charge in [-0.15, -0.1) is 0 Å². The summed E-state index contributed by atoms with van der Waals surface area (Å²) in [6.45, 7) is 8.44. The van der Waals surface area contributed by atoms with Gasteiger partial charge < -0.3 is 8.83 Å². The summed E-state index contributed by atoms with van der Waals surface area (Å²) in [5.41, 5.74) is 3.71. The predicted molar refractivity (Wildman–Crippen MR) is 115 cm³/mol. The molecule has 0 radical (unpaired) electrons. The van der Waals surface area contributed by atoms with Crippen LogP contribution in [0.5, 0.6) is 0 Å². The summed E-state index contributed by atoms with van der Waals surface area (Å²) < 4.78 is 11.6. The van der Waals surface area contributed by atoms with E-state index in [0.29, 0.717) is 35.1 Å². The maximum absolute atomic E-state index is 12.9. The Balaban J connectivity index is 2.72. The Labute approximate surface area is 168 Å². The van der Waals surface area contributed by atoms with Crippen LogP contribution in [0.4, 0.5) is 0 Å². The van der Waals surface area contributed by atoms with Crippen molar-refractivity contribution in [1.29, 1.82) is 0 Å². The largest absolute Gasteiger partial charge is 0.419 e. The molecule has 2 heterocycles. The van der Waals surface area contributed by atoms with Crippen LogP contribution in [0.15, 0.2) is 18.4 Å². The molecule has 0 amide bonds. The molecule has 0 atom stereocenters. The maximum atomic E-state index is 12.9. The van der Waals surface area contributed by atoms with Gasteiger partial charge in [-0.3, -0.25) is 0 Å². The van der Waals surface area contributed by atoms with Gasteiger partial charge in [-0.05, 0) is 38.5 Å². The van der Waals surface area contributed by atoms with Crippen molar-refractivity contribution in [3.63, 3.8) is 0 Å². The Morgan fingerprint density at radius 3 is 1.36 bits per heavy atom. The fraction of sp³-hybridized carbons (Fsp3) is 0.667. The van der Waals surface area contributed by atoms with Gasteiger partial charge in [0.15, 0.2) is 11.2 Å². The normalized spacial score (nSPS) is 11.4. The molecule has 0 unspecified atom stereocenters. The van der Waals surface area contributed by atoms with Crippen molar-refractivity contribution in [3.8, 4) is 0 Å². The summed E-state index contributed by atoms with van der Waals surface area (Å²) >= 11 is 0. The van der Waals surface area contributed by atoms with Gasteiger partial charge in [0.1, 0.15) is 0 Å². The van der Waals surface area contributed by atoms with Crippen LogP contribution in [0, 0.1) is 0 Å². The van der Waals surface area contributed by atoms with Crippen LogP contribution in [0.2, 0.25) is 0 Å². The molecule has 2 aromatic rings. The van der Waals surface area contributed by atoms with Crippen LogP contribution >= 0.6 is 0 Å². The Morgan fingerprint density at radius 2 is 0.893 bits per heavy atom. The summed E-state index contributed by atoms with van der Waals surface area (Å²) in [5.74, 6) is 0. The summed E-state index contributed by atoms with van der Waals surface area (Å²) in [6, 6.07) is 0. The SMILES string of the molecule is CCCCCc1c(CCCCC)c2oc(=O)c(CCC)c(CCC)c2oc1=O. The first-order valence-electron chi connectivity index (χ1n) is 11.2. The smallest absolute Gasteiger partial charge is 0.339 e. The molecule has 0 aliphatic carbocycles. The van der Waals surface area contributed by atoms with Crippen molar-refractivity contribution in [2.24, 2.45) is 0 Å². The van der Waals surface area contributed by atoms with Crippen molar-refractivity contribution >= 4 is 11.2 Å². The molecule has 0 aromatic carbocycles. The molecule has 4 nitrogen and oxygen atoms in total. The molecular weight excluding hydrogens is 352 g/mol. The Kier molecular flexibility index (Phi) is 9.01. The molecule has 156 valence electrons. The lowest BCUT2D eigenvalue weighted by atomic mass is 9.95. The summed E-state index contributed by atoms with van der Waals surface area (Å²) in [5, 5.41) is 0. The predicted octanol–water partition coefficient (Wildman–Crippen LogP) is 6.12. The van der Waals surface area contributed by atoms with Crippen molar-refractivity contribution in [2.75, 3.05) is 0 Å². The highest BCUT2D eigenvalue weighted by molar-refractivity contribution is 5.79. The second kappa shape index (κ2) is 11.2. The third-order valence-corrected chi connectivity index (χ3v) is 5.43. The second-order valence-corrected chi connectivity index (χ2v) is 7.77. The van der Waals surface area contributed by atoms with E-state index in [1.165, 1.54) is 0 Å². The van der Waals surface area contributed by atoms with Crippen LogP contribution in [0.1, 0.15) is 101 Å². The Hall–Kier alpha value is -1.84. The highest BCUT2D eigenvalue weighted by Crippen LogP contribution is 2.28. The van der Waals surface area contributed by atoms with E-state index >= 15 is 0 Å². The summed E-state index contributed by atoms with van der Waals surface area (Å²) in [4.78, 5) is 25.7. The van der Waals surface area contributed by atoms with E-state index in [1.54, 1.807) is 0 Å². The lowest BCUT2D eigenvalue weighted by molar-refractivity contribution is 0.488. The zero-order chi connectivity index (χ0) is 20.5. The van der Waals surface area contributed by atoms with E-state index in [-0.39, 0.29) is 11.3 Å². The molecule has 2 aromatic heterocycles. The molecule has 0 saturated carbocycles. The molecule has 28 heavy (non-hydrogen) atoms. The van der Waals surface area contributed by atoms with E-state index in [1.807, 2.05) is 6.92 Å². The van der Waals surface area contributed by atoms with Crippen LogP contribution in [-0.4, -0.2) is 0 Å². The summed E-state index contributed by atoms with van der Waals surface area (Å²) in [6.07, 6.45) is 10.9. The molecule has 0 N–H and O–H groups in total. The zero-order valence-electron chi connectivity index (χ0n) is 18.1. The summed E-state index contributed by atoms with van der Waals surface area (Å²) in [7, 11) is 0. The second-order valence-electron chi connectivity index (χ2n) is 7.77. The standard InChI is InChI=1S/C24H36O4/c1-5-9-11-15-18-20(16-12-10-6-2)24(26)27-21-17(13-7-3)19(14-8-4)23(25)28-22(18)21/h5-16H2,1-4H3. The number of hydrogen-bond donors (Lipinski definition) is 0. The fourth-order valence-corrected chi connectivity index (χ4v) is 3.96. The molecule has 0 saturated heterocycles. The monoisotopic (exact) mass is 388 g/mol. The Bertz CT molecular complexity index is 873. The van der Waals surface area contributed by atoms with Crippen LogP contribution in [0.3, 0.4) is 0 Å². The van der Waals surface area contributed by atoms with Gasteiger partial charge in [0.2, 0.25) is 0 Å². The molecule has 0 aliphatic heterocycles. The van der Waals surface area contributed by atoms with Crippen molar-refractivity contribution < 1.29 is 8.83 Å². The van der Waals surface area contributed by atoms with Crippen LogP contribution in [-0.2, 0) is 25.7 Å². The minimum atomic E-state index is -0.261. The number of rotatable bonds is 12. The fourth-order valence-electron chi connectivity index (χ4n) is 3.96. The molecule has 0 bridgehead atoms. The van der Waals surface area contributed by atoms with Crippen molar-refractivity contribution in [1.82, 2.24) is 0 Å². The van der Waals surface area contributed by atoms with E-state index < -0.39 is 0 Å². The first-order chi connectivity index (χ1) is 13.6. The third kappa shape index (κ3) is 5.15. The molecular formula is C24H36O4. The Morgan fingerprint density at radius 1 is 0.500 bits per heavy atom. The highest BCUT2D eigenvalue weighted by Gasteiger charge is 2.22. The average Bonchev–Trinajstić information content (AvgIpc) is 2.67. The topological polar surface area (TPSA) is 60.4 Å². The number of fused-ring (bicyclic) bond motifs is 1. The maximum Gasteiger partial charge on any atom is 0.339 e. The quantitative estimate of drug-likeness (QED) is 0.411. The van der Waals surface area contributed by atoms with Gasteiger partial charge in [0.05, 0.1) is 0 Å². The van der Waals surface area contributed by atoms with E-state index in [9.17, 15) is 9.59 Å². The number of aryl methyl sites for hydroxylation is 2. The van der Waals surface area contributed by atoms with Gasteiger partial charge >= 0.3 is 11.3 Å².